The van der Waals surface area contributed by atoms with Crippen molar-refractivity contribution in [3.63, 3.8) is 0 Å². The Morgan fingerprint density at radius 3 is 2.47 bits per heavy atom. The highest BCUT2D eigenvalue weighted by atomic mass is 33.1. The number of hydrogen-bond donors (Lipinski definition) is 0. The zero-order valence-electron chi connectivity index (χ0n) is 9.10. The number of alkyl halides is 1. The molecule has 2 rings (SSSR count). The van der Waals surface area contributed by atoms with Crippen LogP contribution in [0.1, 0.15) is 6.92 Å². The van der Waals surface area contributed by atoms with E-state index in [2.05, 4.69) is 0 Å². The first-order valence-electron chi connectivity index (χ1n) is 5.05. The largest absolute Gasteiger partial charge is 0.376 e. The third-order valence-electron chi connectivity index (χ3n) is 3.26. The van der Waals surface area contributed by atoms with Crippen LogP contribution in [0.3, 0.4) is 0 Å². The Labute approximate surface area is 98.7 Å². The number of ether oxygens (including phenoxy) is 1. The van der Waals surface area contributed by atoms with E-state index in [9.17, 15) is 8.96 Å². The molecule has 0 aromatic rings. The molecular weight excluding hydrogens is 253 g/mol. The van der Waals surface area contributed by atoms with Crippen molar-refractivity contribution in [3.05, 3.63) is 0 Å². The van der Waals surface area contributed by atoms with E-state index in [4.69, 9.17) is 4.74 Å². The van der Waals surface area contributed by atoms with Crippen LogP contribution in [0.4, 0.5) is 4.39 Å². The second kappa shape index (κ2) is 3.97. The molecule has 15 heavy (non-hydrogen) atoms. The SMILES string of the molecule is B[C@@H]1OC2(CSP(C)(=O)SC2)C(C)[C@@H]1F. The van der Waals surface area contributed by atoms with Crippen molar-refractivity contribution >= 4 is 36.2 Å². The van der Waals surface area contributed by atoms with Gasteiger partial charge in [-0.2, -0.15) is 0 Å². The molecule has 0 saturated carbocycles. The highest BCUT2D eigenvalue weighted by Crippen LogP contribution is 2.71. The Morgan fingerprint density at radius 2 is 2.07 bits per heavy atom. The zero-order valence-corrected chi connectivity index (χ0v) is 11.6. The van der Waals surface area contributed by atoms with E-state index in [1.807, 2.05) is 6.92 Å². The van der Waals surface area contributed by atoms with Gasteiger partial charge in [0.15, 0.2) is 5.55 Å². The summed E-state index contributed by atoms with van der Waals surface area (Å²) in [5, 5.41) is 0. The summed E-state index contributed by atoms with van der Waals surface area (Å²) in [6.07, 6.45) is -0.888. The molecule has 2 aliphatic heterocycles. The summed E-state index contributed by atoms with van der Waals surface area (Å²) < 4.78 is 31.3. The predicted octanol–water partition coefficient (Wildman–Crippen LogP) is 1.99. The van der Waals surface area contributed by atoms with E-state index in [1.54, 1.807) is 14.5 Å². The Bertz CT molecular complexity index is 305. The van der Waals surface area contributed by atoms with Crippen LogP contribution >= 0.6 is 28.3 Å². The molecule has 0 amide bonds. The van der Waals surface area contributed by atoms with E-state index in [-0.39, 0.29) is 11.9 Å². The quantitative estimate of drug-likeness (QED) is 0.496. The minimum Gasteiger partial charge on any atom is -0.376 e. The van der Waals surface area contributed by atoms with Crippen molar-refractivity contribution in [1.82, 2.24) is 0 Å². The first-order valence-corrected chi connectivity index (χ1v) is 10.4. The van der Waals surface area contributed by atoms with Gasteiger partial charge in [-0.3, -0.25) is 0 Å². The normalized spacial score (nSPS) is 56.1. The van der Waals surface area contributed by atoms with Crippen molar-refractivity contribution in [2.45, 2.75) is 24.7 Å². The number of halogens is 1. The van der Waals surface area contributed by atoms with Crippen LogP contribution in [0, 0.1) is 5.92 Å². The van der Waals surface area contributed by atoms with Crippen molar-refractivity contribution in [2.24, 2.45) is 5.92 Å². The van der Waals surface area contributed by atoms with Crippen LogP contribution in [-0.4, -0.2) is 43.8 Å². The van der Waals surface area contributed by atoms with E-state index in [0.717, 1.165) is 0 Å². The average molecular weight is 268 g/mol. The summed E-state index contributed by atoms with van der Waals surface area (Å²) in [5.74, 6) is 1.24. The molecule has 2 saturated heterocycles. The smallest absolute Gasteiger partial charge is 0.188 e. The maximum atomic E-state index is 13.7. The Hall–Kier alpha value is 0.885. The number of rotatable bonds is 0. The molecular formula is C8H15BFO2PS2. The van der Waals surface area contributed by atoms with Gasteiger partial charge >= 0.3 is 0 Å². The van der Waals surface area contributed by atoms with E-state index < -0.39 is 17.3 Å². The first-order chi connectivity index (χ1) is 6.86. The molecule has 0 aliphatic carbocycles. The molecule has 7 heteroatoms. The topological polar surface area (TPSA) is 26.3 Å². The molecule has 0 bridgehead atoms. The van der Waals surface area contributed by atoms with E-state index in [1.165, 1.54) is 22.8 Å². The summed E-state index contributed by atoms with van der Waals surface area (Å²) in [6, 6.07) is -0.324. The Kier molecular flexibility index (Phi) is 3.27. The monoisotopic (exact) mass is 268 g/mol. The predicted molar refractivity (Wildman–Crippen MR) is 68.7 cm³/mol. The van der Waals surface area contributed by atoms with Gasteiger partial charge < -0.3 is 9.30 Å². The van der Waals surface area contributed by atoms with E-state index >= 15 is 0 Å². The fourth-order valence-corrected chi connectivity index (χ4v) is 8.64. The molecule has 0 radical (unpaired) electrons. The Balaban J connectivity index is 2.14. The van der Waals surface area contributed by atoms with Crippen molar-refractivity contribution in [2.75, 3.05) is 18.2 Å². The van der Waals surface area contributed by atoms with Gasteiger partial charge in [-0.1, -0.05) is 29.7 Å². The lowest BCUT2D eigenvalue weighted by atomic mass is 9.85. The van der Waals surface area contributed by atoms with Gasteiger partial charge in [0.1, 0.15) is 14.0 Å². The molecule has 2 nitrogen and oxygen atoms in total. The highest BCUT2D eigenvalue weighted by molar-refractivity contribution is 8.90. The van der Waals surface area contributed by atoms with Crippen molar-refractivity contribution in [3.8, 4) is 0 Å². The van der Waals surface area contributed by atoms with Gasteiger partial charge in [0.2, 0.25) is 0 Å². The van der Waals surface area contributed by atoms with Gasteiger partial charge in [-0.15, -0.1) is 0 Å². The minimum atomic E-state index is -2.10. The maximum Gasteiger partial charge on any atom is 0.188 e. The third-order valence-corrected chi connectivity index (χ3v) is 10.9. The van der Waals surface area contributed by atoms with Gasteiger partial charge in [-0.25, -0.2) is 4.39 Å². The maximum absolute atomic E-state index is 13.7. The molecule has 0 aromatic carbocycles. The van der Waals surface area contributed by atoms with Gasteiger partial charge in [0.05, 0.1) is 11.6 Å². The van der Waals surface area contributed by atoms with E-state index in [0.29, 0.717) is 11.5 Å². The molecule has 86 valence electrons. The molecule has 1 spiro atoms. The summed E-state index contributed by atoms with van der Waals surface area (Å²) in [7, 11) is 1.78. The lowest BCUT2D eigenvalue weighted by Gasteiger charge is -2.37. The van der Waals surface area contributed by atoms with Crippen molar-refractivity contribution < 1.29 is 13.7 Å². The lowest BCUT2D eigenvalue weighted by molar-refractivity contribution is 0.00725. The molecule has 2 heterocycles. The van der Waals surface area contributed by atoms with Crippen molar-refractivity contribution in [1.29, 1.82) is 0 Å². The van der Waals surface area contributed by atoms with Crippen LogP contribution in [0.2, 0.25) is 0 Å². The summed E-state index contributed by atoms with van der Waals surface area (Å²) in [6.45, 7) is 3.69. The second-order valence-electron chi connectivity index (χ2n) is 4.44. The Morgan fingerprint density at radius 1 is 1.53 bits per heavy atom. The molecule has 0 aromatic heterocycles. The van der Waals surface area contributed by atoms with Crippen LogP contribution in [-0.2, 0) is 9.30 Å². The fourth-order valence-electron chi connectivity index (χ4n) is 2.10. The van der Waals surface area contributed by atoms with Crippen LogP contribution in [0.15, 0.2) is 0 Å². The second-order valence-corrected chi connectivity index (χ2v) is 13.5. The van der Waals surface area contributed by atoms with Gasteiger partial charge in [-0.05, 0) is 0 Å². The zero-order chi connectivity index (χ0) is 11.3. The molecule has 1 unspecified atom stereocenters. The summed E-state index contributed by atoms with van der Waals surface area (Å²) in [4.78, 5) is 0. The van der Waals surface area contributed by atoms with Crippen LogP contribution in [0.5, 0.6) is 0 Å². The molecule has 2 fully saturated rings. The standard InChI is InChI=1S/C8H15BFO2PS2/c1-5-6(10)7(9)12-8(5)3-14-13(2,11)15-4-8/h5-7H,3-4,9H2,1-2H3/t5?,6-,7+,8?,13?/m0/s1. The lowest BCUT2D eigenvalue weighted by Crippen LogP contribution is -2.42. The molecule has 3 atom stereocenters. The highest BCUT2D eigenvalue weighted by Gasteiger charge is 2.54. The first kappa shape index (κ1) is 12.3. The summed E-state index contributed by atoms with van der Waals surface area (Å²) in [5.41, 5.74) is -2.49. The fraction of sp³-hybridized carbons (Fsp3) is 1.00. The van der Waals surface area contributed by atoms with Crippen LogP contribution in [0.25, 0.3) is 0 Å². The summed E-state index contributed by atoms with van der Waals surface area (Å²) >= 11 is 2.90. The average Bonchev–Trinajstić information content (AvgIpc) is 2.38. The van der Waals surface area contributed by atoms with Crippen LogP contribution < -0.4 is 0 Å². The molecule has 0 N–H and O–H groups in total. The molecule has 2 aliphatic rings. The van der Waals surface area contributed by atoms with Gasteiger partial charge in [0, 0.05) is 24.1 Å². The minimum absolute atomic E-state index is 0.0900. The number of hydrogen-bond acceptors (Lipinski definition) is 4. The third kappa shape index (κ3) is 2.15. The van der Waals surface area contributed by atoms with Gasteiger partial charge in [0.25, 0.3) is 0 Å².